The van der Waals surface area contributed by atoms with Crippen LogP contribution in [0.5, 0.6) is 0 Å². The van der Waals surface area contributed by atoms with Crippen LogP contribution in [-0.4, -0.2) is 32.0 Å². The van der Waals surface area contributed by atoms with Gasteiger partial charge in [0.15, 0.2) is 0 Å². The Morgan fingerprint density at radius 2 is 2.06 bits per heavy atom. The zero-order valence-electron chi connectivity index (χ0n) is 8.77. The zero-order valence-corrected chi connectivity index (χ0v) is 9.59. The van der Waals surface area contributed by atoms with Crippen molar-refractivity contribution in [2.75, 3.05) is 14.2 Å². The Labute approximate surface area is 93.6 Å². The van der Waals surface area contributed by atoms with Crippen LogP contribution in [0.2, 0.25) is 0 Å². The van der Waals surface area contributed by atoms with E-state index in [-0.39, 0.29) is 0 Å². The summed E-state index contributed by atoms with van der Waals surface area (Å²) < 4.78 is 29.7. The van der Waals surface area contributed by atoms with Crippen LogP contribution >= 0.6 is 0 Å². The molecule has 1 aliphatic heterocycles. The molecule has 7 nitrogen and oxygen atoms in total. The number of likely N-dealkylation sites (N-methyl/N-ethyl adjacent to an activating group) is 1. The summed E-state index contributed by atoms with van der Waals surface area (Å²) in [5, 5.41) is 2.67. The summed E-state index contributed by atoms with van der Waals surface area (Å²) in [7, 11) is -1.43. The van der Waals surface area contributed by atoms with E-state index in [9.17, 15) is 13.3 Å². The molecule has 90 valence electrons. The minimum Gasteiger partial charge on any atom is -0.350 e. The van der Waals surface area contributed by atoms with E-state index in [2.05, 4.69) is 9.36 Å². The Morgan fingerprint density at radius 1 is 1.50 bits per heavy atom. The number of rotatable bonds is 2. The lowest BCUT2D eigenvalue weighted by atomic mass is 10.3. The summed E-state index contributed by atoms with van der Waals surface area (Å²) in [5.41, 5.74) is 0.803. The van der Waals surface area contributed by atoms with Crippen molar-refractivity contribution in [3.05, 3.63) is 41.2 Å². The highest BCUT2D eigenvalue weighted by Crippen LogP contribution is 2.08. The van der Waals surface area contributed by atoms with Gasteiger partial charge in [-0.1, -0.05) is 6.08 Å². The van der Waals surface area contributed by atoms with Gasteiger partial charge in [-0.05, 0) is 17.3 Å². The van der Waals surface area contributed by atoms with Crippen LogP contribution in [0.3, 0.4) is 0 Å². The molecule has 0 fully saturated rings. The number of nitrogens with zero attached hydrogens (tertiary/aromatic N) is 2. The Bertz CT molecular complexity index is 410. The lowest BCUT2D eigenvalue weighted by molar-refractivity contribution is 0.324. The molecule has 0 spiro atoms. The lowest BCUT2D eigenvalue weighted by Gasteiger charge is -2.15. The topological polar surface area (TPSA) is 96.3 Å². The fourth-order valence-corrected chi connectivity index (χ4v) is 0.725. The molecule has 1 rings (SSSR count). The van der Waals surface area contributed by atoms with Gasteiger partial charge in [-0.2, -0.15) is 8.42 Å². The summed E-state index contributed by atoms with van der Waals surface area (Å²) in [6, 6.07) is 0. The maximum Gasteiger partial charge on any atom is 0.397 e. The Morgan fingerprint density at radius 3 is 2.44 bits per heavy atom. The first kappa shape index (κ1) is 14.5. The molecule has 0 atom stereocenters. The van der Waals surface area contributed by atoms with E-state index in [0.717, 1.165) is 12.8 Å². The molecule has 16 heavy (non-hydrogen) atoms. The summed E-state index contributed by atoms with van der Waals surface area (Å²) in [6.07, 6.45) is 8.71. The van der Waals surface area contributed by atoms with Crippen LogP contribution in [0.15, 0.2) is 41.5 Å². The van der Waals surface area contributed by atoms with Gasteiger partial charge < -0.3 is 4.90 Å². The second-order valence-corrected chi connectivity index (χ2v) is 3.75. The summed E-state index contributed by atoms with van der Waals surface area (Å²) in [5.74, 6) is 0. The predicted octanol–water partition coefficient (Wildman–Crippen LogP) is 1.05. The first-order valence-corrected chi connectivity index (χ1v) is 5.40. The van der Waals surface area contributed by atoms with Crippen molar-refractivity contribution in [3.8, 4) is 0 Å². The van der Waals surface area contributed by atoms with Gasteiger partial charge >= 0.3 is 10.4 Å². The Hall–Kier alpha value is -1.51. The molecule has 1 aliphatic rings. The fraction of sp³-hybridized carbons (Fsp3) is 0.250. The van der Waals surface area contributed by atoms with Crippen molar-refractivity contribution in [2.45, 2.75) is 0 Å². The second kappa shape index (κ2) is 6.88. The molecule has 0 unspecified atom stereocenters. The number of allylic oxidation sites excluding steroid dienone is 3. The van der Waals surface area contributed by atoms with Gasteiger partial charge in [0, 0.05) is 13.2 Å². The second-order valence-electron chi connectivity index (χ2n) is 2.57. The highest BCUT2D eigenvalue weighted by Gasteiger charge is 1.98. The fourth-order valence-electron chi connectivity index (χ4n) is 0.725. The monoisotopic (exact) mass is 248 g/mol. The van der Waals surface area contributed by atoms with E-state index in [1.165, 1.54) is 6.20 Å². The van der Waals surface area contributed by atoms with Gasteiger partial charge in [0.2, 0.25) is 0 Å². The average molecular weight is 248 g/mol. The first-order chi connectivity index (χ1) is 7.40. The minimum atomic E-state index is -4.16. The van der Waals surface area contributed by atoms with Crippen molar-refractivity contribution in [3.63, 3.8) is 0 Å². The Balaban J connectivity index is 0.000000325. The maximum absolute atomic E-state index is 9.81. The normalized spacial score (nSPS) is 16.9. The zero-order chi connectivity index (χ0) is 12.6. The van der Waals surface area contributed by atoms with Crippen molar-refractivity contribution >= 4 is 10.4 Å². The van der Waals surface area contributed by atoms with E-state index in [0.29, 0.717) is 0 Å². The molecule has 0 aromatic rings. The number of nitroso groups, excluding NO2 is 1. The molecule has 0 aromatic carbocycles. The van der Waals surface area contributed by atoms with E-state index >= 15 is 0 Å². The van der Waals surface area contributed by atoms with E-state index in [1.54, 1.807) is 0 Å². The first-order valence-electron chi connectivity index (χ1n) is 4.04. The highest BCUT2D eigenvalue weighted by molar-refractivity contribution is 7.80. The maximum atomic E-state index is 9.81. The summed E-state index contributed by atoms with van der Waals surface area (Å²) in [4.78, 5) is 11.6. The quantitative estimate of drug-likeness (QED) is 0.579. The Kier molecular flexibility index (Phi) is 6.23. The van der Waals surface area contributed by atoms with Gasteiger partial charge in [0.25, 0.3) is 0 Å². The van der Waals surface area contributed by atoms with Crippen LogP contribution in [0.4, 0.5) is 0 Å². The van der Waals surface area contributed by atoms with Gasteiger partial charge in [-0.25, -0.2) is 0 Å². The van der Waals surface area contributed by atoms with Crippen LogP contribution in [0, 0.1) is 4.91 Å². The van der Waals surface area contributed by atoms with Crippen molar-refractivity contribution in [2.24, 2.45) is 5.18 Å². The van der Waals surface area contributed by atoms with Crippen molar-refractivity contribution < 1.29 is 17.2 Å². The summed E-state index contributed by atoms with van der Waals surface area (Å²) >= 11 is 0. The molecule has 0 amide bonds. The lowest BCUT2D eigenvalue weighted by Crippen LogP contribution is -2.09. The van der Waals surface area contributed by atoms with Gasteiger partial charge in [-0.15, -0.1) is 4.91 Å². The molecular formula is C8H12N2O5S. The van der Waals surface area contributed by atoms with E-state index in [4.69, 9.17) is 4.55 Å². The standard InChI is InChI=1S/C7H8N2O.CH4O4S/c1-9-5-3-2-4-7(9)6-8-10;1-5-6(2,3)4/h2-6H,1H3;1H3,(H,2,3,4)/b7-6+;. The average Bonchev–Trinajstić information content (AvgIpc) is 2.22. The highest BCUT2D eigenvalue weighted by atomic mass is 32.3. The molecule has 0 saturated heterocycles. The van der Waals surface area contributed by atoms with Crippen LogP contribution in [0.1, 0.15) is 0 Å². The molecular weight excluding hydrogens is 236 g/mol. The van der Waals surface area contributed by atoms with E-state index in [1.807, 2.05) is 36.4 Å². The third-order valence-corrected chi connectivity index (χ3v) is 1.91. The van der Waals surface area contributed by atoms with Crippen molar-refractivity contribution in [1.82, 2.24) is 4.90 Å². The summed E-state index contributed by atoms with van der Waals surface area (Å²) in [6.45, 7) is 0. The van der Waals surface area contributed by atoms with Crippen LogP contribution < -0.4 is 0 Å². The third-order valence-electron chi connectivity index (χ3n) is 1.49. The van der Waals surface area contributed by atoms with Crippen molar-refractivity contribution in [1.29, 1.82) is 0 Å². The molecule has 0 radical (unpaired) electrons. The smallest absolute Gasteiger partial charge is 0.350 e. The van der Waals surface area contributed by atoms with Crippen LogP contribution in [0.25, 0.3) is 0 Å². The number of hydrogen-bond donors (Lipinski definition) is 1. The van der Waals surface area contributed by atoms with Gasteiger partial charge in [0.05, 0.1) is 19.0 Å². The molecule has 0 aromatic heterocycles. The van der Waals surface area contributed by atoms with Gasteiger partial charge in [0.1, 0.15) is 0 Å². The molecule has 0 bridgehead atoms. The third kappa shape index (κ3) is 6.87. The van der Waals surface area contributed by atoms with E-state index < -0.39 is 10.4 Å². The predicted molar refractivity (Wildman–Crippen MR) is 58.5 cm³/mol. The molecule has 0 saturated carbocycles. The molecule has 1 N–H and O–H groups in total. The minimum absolute atomic E-state index is 0.803. The molecule has 0 aliphatic carbocycles. The number of hydrogen-bond acceptors (Lipinski definition) is 6. The van der Waals surface area contributed by atoms with Crippen LogP contribution in [-0.2, 0) is 14.6 Å². The molecule has 8 heteroatoms. The SMILES string of the molecule is CN1C=CC=C/C1=C\N=O.COS(=O)(=O)O. The van der Waals surface area contributed by atoms with Gasteiger partial charge in [-0.3, -0.25) is 8.74 Å². The largest absolute Gasteiger partial charge is 0.397 e. The molecule has 1 heterocycles.